The summed E-state index contributed by atoms with van der Waals surface area (Å²) in [6.45, 7) is 1.37. The minimum absolute atomic E-state index is 0. The van der Waals surface area contributed by atoms with Gasteiger partial charge in [0.15, 0.2) is 6.03 Å². The SMILES string of the molecule is O=C1[N-]CCN1.[Na+]. The first kappa shape index (κ1) is 7.27. The van der Waals surface area contributed by atoms with Crippen molar-refractivity contribution in [3.63, 3.8) is 0 Å². The number of amides is 2. The third kappa shape index (κ3) is 2.16. The van der Waals surface area contributed by atoms with E-state index in [1.165, 1.54) is 0 Å². The van der Waals surface area contributed by atoms with Crippen LogP contribution in [0.1, 0.15) is 0 Å². The van der Waals surface area contributed by atoms with Gasteiger partial charge in [-0.15, -0.1) is 0 Å². The van der Waals surface area contributed by atoms with Crippen LogP contribution in [0.15, 0.2) is 0 Å². The molecule has 1 N–H and O–H groups in total. The molecule has 0 spiro atoms. The molecule has 0 bridgehead atoms. The molecule has 0 radical (unpaired) electrons. The normalized spacial score (nSPS) is 16.9. The van der Waals surface area contributed by atoms with Crippen molar-refractivity contribution >= 4 is 6.03 Å². The Balaban J connectivity index is 0.000000360. The number of rotatable bonds is 0. The van der Waals surface area contributed by atoms with E-state index in [1.807, 2.05) is 0 Å². The third-order valence-corrected chi connectivity index (χ3v) is 0.643. The molecule has 3 nitrogen and oxygen atoms in total. The fourth-order valence-corrected chi connectivity index (χ4v) is 0.376. The maximum Gasteiger partial charge on any atom is 1.00 e. The first-order chi connectivity index (χ1) is 2.89. The molecule has 1 saturated heterocycles. The second kappa shape index (κ2) is 3.29. The molecule has 0 aliphatic carbocycles. The van der Waals surface area contributed by atoms with Crippen LogP contribution >= 0.6 is 0 Å². The van der Waals surface area contributed by atoms with E-state index in [1.54, 1.807) is 0 Å². The van der Waals surface area contributed by atoms with Crippen LogP contribution in [0.5, 0.6) is 0 Å². The van der Waals surface area contributed by atoms with Gasteiger partial charge in [0.05, 0.1) is 0 Å². The van der Waals surface area contributed by atoms with E-state index in [2.05, 4.69) is 10.6 Å². The van der Waals surface area contributed by atoms with Crippen molar-refractivity contribution in [2.75, 3.05) is 13.1 Å². The molecule has 0 aromatic carbocycles. The number of nitrogens with one attached hydrogen (secondary N) is 1. The van der Waals surface area contributed by atoms with E-state index in [0.29, 0.717) is 6.54 Å². The Bertz CT molecular complexity index is 67.3. The van der Waals surface area contributed by atoms with Crippen LogP contribution in [0, 0.1) is 0 Å². The van der Waals surface area contributed by atoms with Crippen molar-refractivity contribution < 1.29 is 34.4 Å². The Morgan fingerprint density at radius 3 is 2.57 bits per heavy atom. The summed E-state index contributed by atoms with van der Waals surface area (Å²) in [6, 6.07) is -0.171. The van der Waals surface area contributed by atoms with E-state index in [-0.39, 0.29) is 35.6 Å². The van der Waals surface area contributed by atoms with E-state index >= 15 is 0 Å². The first-order valence-electron chi connectivity index (χ1n) is 1.85. The van der Waals surface area contributed by atoms with E-state index in [9.17, 15) is 4.79 Å². The number of hydrogen-bond donors (Lipinski definition) is 1. The summed E-state index contributed by atoms with van der Waals surface area (Å²) < 4.78 is 0. The monoisotopic (exact) mass is 108 g/mol. The van der Waals surface area contributed by atoms with Crippen LogP contribution in [0.4, 0.5) is 4.79 Å². The average molecular weight is 108 g/mol. The van der Waals surface area contributed by atoms with Crippen LogP contribution in [0.3, 0.4) is 0 Å². The molecular formula is C3H5N2NaO. The summed E-state index contributed by atoms with van der Waals surface area (Å²) in [5.74, 6) is 0. The van der Waals surface area contributed by atoms with Gasteiger partial charge in [0.2, 0.25) is 0 Å². The smallest absolute Gasteiger partial charge is 0.450 e. The molecule has 1 aliphatic heterocycles. The number of urea groups is 1. The third-order valence-electron chi connectivity index (χ3n) is 0.643. The molecule has 4 heteroatoms. The minimum atomic E-state index is -0.171. The van der Waals surface area contributed by atoms with Gasteiger partial charge in [-0.3, -0.25) is 4.79 Å². The Morgan fingerprint density at radius 2 is 2.43 bits per heavy atom. The van der Waals surface area contributed by atoms with Gasteiger partial charge in [0, 0.05) is 0 Å². The van der Waals surface area contributed by atoms with Gasteiger partial charge in [-0.1, -0.05) is 6.54 Å². The quantitative estimate of drug-likeness (QED) is 0.332. The van der Waals surface area contributed by atoms with Gasteiger partial charge in [-0.05, 0) is 6.54 Å². The zero-order valence-electron chi connectivity index (χ0n) is 4.27. The molecule has 34 valence electrons. The van der Waals surface area contributed by atoms with Gasteiger partial charge in [-0.25, -0.2) is 0 Å². The first-order valence-corrected chi connectivity index (χ1v) is 1.85. The zero-order valence-corrected chi connectivity index (χ0v) is 6.27. The number of carbonyl (C=O) groups excluding carboxylic acids is 1. The van der Waals surface area contributed by atoms with E-state index in [0.717, 1.165) is 6.54 Å². The standard InChI is InChI=1S/C3H6N2O.Na/c6-3-4-1-2-5-3;/h1-2H2,(H2,4,5,6);/q;+1/p-1. The van der Waals surface area contributed by atoms with Gasteiger partial charge in [-0.2, -0.15) is 0 Å². The summed E-state index contributed by atoms with van der Waals surface area (Å²) in [6.07, 6.45) is 0. The fraction of sp³-hybridized carbons (Fsp3) is 0.667. The van der Waals surface area contributed by atoms with Gasteiger partial charge in [0.25, 0.3) is 0 Å². The molecule has 0 unspecified atom stereocenters. The molecular weight excluding hydrogens is 103 g/mol. The fourth-order valence-electron chi connectivity index (χ4n) is 0.376. The van der Waals surface area contributed by atoms with E-state index < -0.39 is 0 Å². The number of hydrogen-bond acceptors (Lipinski definition) is 1. The molecule has 0 saturated carbocycles. The Morgan fingerprint density at radius 1 is 1.71 bits per heavy atom. The van der Waals surface area contributed by atoms with Crippen molar-refractivity contribution in [3.05, 3.63) is 5.32 Å². The summed E-state index contributed by atoms with van der Waals surface area (Å²) >= 11 is 0. The van der Waals surface area contributed by atoms with Crippen molar-refractivity contribution in [2.24, 2.45) is 0 Å². The predicted octanol–water partition coefficient (Wildman–Crippen LogP) is -2.91. The van der Waals surface area contributed by atoms with Gasteiger partial charge < -0.3 is 10.6 Å². The second-order valence-corrected chi connectivity index (χ2v) is 1.11. The van der Waals surface area contributed by atoms with Gasteiger partial charge in [0.1, 0.15) is 0 Å². The molecule has 1 fully saturated rings. The Labute approximate surface area is 64.1 Å². The summed E-state index contributed by atoms with van der Waals surface area (Å²) in [5.41, 5.74) is 0. The maximum atomic E-state index is 9.97. The summed E-state index contributed by atoms with van der Waals surface area (Å²) in [5, 5.41) is 6.00. The largest absolute Gasteiger partial charge is 1.00 e. The predicted molar refractivity (Wildman–Crippen MR) is 21.6 cm³/mol. The molecule has 1 aliphatic rings. The molecule has 2 amide bonds. The van der Waals surface area contributed by atoms with Gasteiger partial charge >= 0.3 is 29.6 Å². The molecule has 0 aromatic heterocycles. The van der Waals surface area contributed by atoms with Crippen LogP contribution in [0.25, 0.3) is 5.32 Å². The van der Waals surface area contributed by atoms with E-state index in [4.69, 9.17) is 0 Å². The number of nitrogens with zero attached hydrogens (tertiary/aromatic N) is 1. The van der Waals surface area contributed by atoms with Crippen molar-refractivity contribution in [2.45, 2.75) is 0 Å². The Hall–Kier alpha value is 0.270. The van der Waals surface area contributed by atoms with Crippen LogP contribution in [-0.2, 0) is 0 Å². The van der Waals surface area contributed by atoms with Crippen LogP contribution in [0.2, 0.25) is 0 Å². The second-order valence-electron chi connectivity index (χ2n) is 1.11. The number of carbonyl (C=O) groups is 1. The molecule has 7 heavy (non-hydrogen) atoms. The minimum Gasteiger partial charge on any atom is -0.450 e. The van der Waals surface area contributed by atoms with Crippen molar-refractivity contribution in [1.29, 1.82) is 0 Å². The van der Waals surface area contributed by atoms with Crippen LogP contribution < -0.4 is 34.9 Å². The zero-order chi connectivity index (χ0) is 4.41. The summed E-state index contributed by atoms with van der Waals surface area (Å²) in [7, 11) is 0. The average Bonchev–Trinajstić information content (AvgIpc) is 1.86. The molecule has 1 rings (SSSR count). The molecule has 0 aromatic rings. The maximum absolute atomic E-state index is 9.97. The van der Waals surface area contributed by atoms with Crippen LogP contribution in [-0.4, -0.2) is 19.1 Å². The summed E-state index contributed by atoms with van der Waals surface area (Å²) in [4.78, 5) is 9.97. The molecule has 0 atom stereocenters. The van der Waals surface area contributed by atoms with Crippen molar-refractivity contribution in [3.8, 4) is 0 Å². The Kier molecular flexibility index (Phi) is 3.42. The molecule has 1 heterocycles. The topological polar surface area (TPSA) is 43.2 Å². The van der Waals surface area contributed by atoms with Crippen molar-refractivity contribution in [1.82, 2.24) is 5.32 Å².